The molecule has 0 atom stereocenters. The van der Waals surface area contributed by atoms with E-state index in [0.717, 1.165) is 74.3 Å². The van der Waals surface area contributed by atoms with Crippen LogP contribution in [0.1, 0.15) is 42.4 Å². The number of fused-ring (bicyclic) bond motifs is 3. The minimum Gasteiger partial charge on any atom is -0.316 e. The van der Waals surface area contributed by atoms with Crippen LogP contribution in [0.25, 0.3) is 16.6 Å². The summed E-state index contributed by atoms with van der Waals surface area (Å²) in [5.74, 6) is 0.717. The van der Waals surface area contributed by atoms with Crippen molar-refractivity contribution in [2.45, 2.75) is 42.6 Å². The van der Waals surface area contributed by atoms with Gasteiger partial charge in [-0.25, -0.2) is 8.78 Å². The van der Waals surface area contributed by atoms with Crippen LogP contribution in [0, 0.1) is 11.6 Å². The van der Waals surface area contributed by atoms with Crippen LogP contribution < -0.4 is 0 Å². The lowest BCUT2D eigenvalue weighted by Crippen LogP contribution is -2.40. The average Bonchev–Trinajstić information content (AvgIpc) is 3.43. The molecule has 4 aromatic rings. The first-order chi connectivity index (χ1) is 17.1. The normalized spacial score (nSPS) is 17.3. The number of aromatic nitrogens is 1. The van der Waals surface area contributed by atoms with E-state index in [4.69, 9.17) is 0 Å². The highest BCUT2D eigenvalue weighted by molar-refractivity contribution is 7.99. The van der Waals surface area contributed by atoms with Gasteiger partial charge in [0.1, 0.15) is 11.6 Å². The molecule has 1 fully saturated rings. The van der Waals surface area contributed by atoms with Gasteiger partial charge in [0.05, 0.1) is 5.52 Å². The molecule has 35 heavy (non-hydrogen) atoms. The van der Waals surface area contributed by atoms with Crippen molar-refractivity contribution in [3.05, 3.63) is 101 Å². The number of rotatable bonds is 6. The molecule has 0 N–H and O–H groups in total. The maximum atomic E-state index is 14.6. The van der Waals surface area contributed by atoms with Crippen LogP contribution in [0.5, 0.6) is 0 Å². The van der Waals surface area contributed by atoms with Gasteiger partial charge in [0, 0.05) is 33.3 Å². The molecule has 0 unspecified atom stereocenters. The predicted molar refractivity (Wildman–Crippen MR) is 141 cm³/mol. The fourth-order valence-corrected chi connectivity index (χ4v) is 7.45. The fraction of sp³-hybridized carbons (Fsp3) is 0.333. The van der Waals surface area contributed by atoms with Gasteiger partial charge in [-0.1, -0.05) is 30.3 Å². The number of nitrogens with zero attached hydrogens (tertiary/aromatic N) is 2. The van der Waals surface area contributed by atoms with Crippen molar-refractivity contribution < 1.29 is 8.78 Å². The highest BCUT2D eigenvalue weighted by atomic mass is 32.2. The Bertz CT molecular complexity index is 1340. The first kappa shape index (κ1) is 22.8. The second-order valence-electron chi connectivity index (χ2n) is 9.87. The monoisotopic (exact) mass is 488 g/mol. The lowest BCUT2D eigenvalue weighted by molar-refractivity contribution is 0.196. The molecule has 0 amide bonds. The molecule has 5 heteroatoms. The summed E-state index contributed by atoms with van der Waals surface area (Å²) < 4.78 is 30.2. The summed E-state index contributed by atoms with van der Waals surface area (Å²) in [5.41, 5.74) is 5.68. The number of unbranched alkanes of at least 4 members (excludes halogenated alkanes) is 1. The molecular weight excluding hydrogens is 458 g/mol. The second kappa shape index (κ2) is 9.44. The molecular formula is C30H30F2N2S. The summed E-state index contributed by atoms with van der Waals surface area (Å²) in [6.07, 6.45) is 7.60. The number of hydrogen-bond acceptors (Lipinski definition) is 2. The molecule has 1 aromatic heterocycles. The van der Waals surface area contributed by atoms with Gasteiger partial charge < -0.3 is 9.47 Å². The highest BCUT2D eigenvalue weighted by Crippen LogP contribution is 2.54. The molecule has 0 bridgehead atoms. The Balaban J connectivity index is 1.07. The summed E-state index contributed by atoms with van der Waals surface area (Å²) in [6.45, 7) is 3.19. The van der Waals surface area contributed by atoms with Gasteiger partial charge in [0.25, 0.3) is 0 Å². The molecule has 2 aliphatic rings. The molecule has 0 radical (unpaired) electrons. The Kier molecular flexibility index (Phi) is 6.15. The van der Waals surface area contributed by atoms with Crippen molar-refractivity contribution in [1.29, 1.82) is 0 Å². The van der Waals surface area contributed by atoms with Crippen LogP contribution in [0.15, 0.2) is 72.9 Å². The van der Waals surface area contributed by atoms with Crippen LogP contribution in [0.2, 0.25) is 0 Å². The topological polar surface area (TPSA) is 8.17 Å². The zero-order valence-electron chi connectivity index (χ0n) is 19.9. The Morgan fingerprint density at radius 2 is 1.66 bits per heavy atom. The smallest absolute Gasteiger partial charge is 0.128 e. The van der Waals surface area contributed by atoms with Gasteiger partial charge in [-0.05, 0) is 99.3 Å². The molecule has 2 aliphatic heterocycles. The third kappa shape index (κ3) is 4.30. The van der Waals surface area contributed by atoms with E-state index < -0.39 is 0 Å². The van der Waals surface area contributed by atoms with Crippen molar-refractivity contribution in [3.63, 3.8) is 0 Å². The second-order valence-corrected chi connectivity index (χ2v) is 11.2. The first-order valence-corrected chi connectivity index (χ1v) is 13.6. The van der Waals surface area contributed by atoms with Gasteiger partial charge in [-0.15, -0.1) is 11.8 Å². The summed E-state index contributed by atoms with van der Waals surface area (Å²) >= 11 is 1.95. The van der Waals surface area contributed by atoms with Crippen LogP contribution in [0.3, 0.4) is 0 Å². The van der Waals surface area contributed by atoms with E-state index in [-0.39, 0.29) is 16.4 Å². The minimum atomic E-state index is -0.213. The van der Waals surface area contributed by atoms with Gasteiger partial charge in [0.15, 0.2) is 0 Å². The van der Waals surface area contributed by atoms with E-state index in [0.29, 0.717) is 0 Å². The first-order valence-electron chi connectivity index (χ1n) is 12.6. The SMILES string of the molecule is Fc1ccc(-n2cc(CCCCN3CCC4(CC3)SCc3cccc(F)c34)c3ccccc32)cc1. The molecule has 1 spiro atoms. The summed E-state index contributed by atoms with van der Waals surface area (Å²) in [5, 5.41) is 1.27. The lowest BCUT2D eigenvalue weighted by Gasteiger charge is -2.39. The van der Waals surface area contributed by atoms with E-state index >= 15 is 0 Å². The molecule has 3 heterocycles. The van der Waals surface area contributed by atoms with E-state index in [9.17, 15) is 8.78 Å². The minimum absolute atomic E-state index is 0.0132. The largest absolute Gasteiger partial charge is 0.316 e. The molecule has 3 aromatic carbocycles. The Morgan fingerprint density at radius 1 is 0.857 bits per heavy atom. The van der Waals surface area contributed by atoms with Gasteiger partial charge >= 0.3 is 0 Å². The van der Waals surface area contributed by atoms with Gasteiger partial charge in [-0.3, -0.25) is 0 Å². The third-order valence-corrected chi connectivity index (χ3v) is 9.41. The number of benzene rings is 3. The van der Waals surface area contributed by atoms with Crippen LogP contribution in [-0.4, -0.2) is 29.1 Å². The van der Waals surface area contributed by atoms with Crippen LogP contribution in [-0.2, 0) is 16.9 Å². The zero-order chi connectivity index (χ0) is 23.8. The molecule has 6 rings (SSSR count). The van der Waals surface area contributed by atoms with E-state index in [1.54, 1.807) is 6.07 Å². The lowest BCUT2D eigenvalue weighted by atomic mass is 9.85. The van der Waals surface area contributed by atoms with Gasteiger partial charge in [-0.2, -0.15) is 0 Å². The summed E-state index contributed by atoms with van der Waals surface area (Å²) in [6, 6.07) is 20.7. The van der Waals surface area contributed by atoms with Crippen molar-refractivity contribution in [1.82, 2.24) is 9.47 Å². The number of para-hydroxylation sites is 1. The highest BCUT2D eigenvalue weighted by Gasteiger charge is 2.43. The number of thioether (sulfide) groups is 1. The number of piperidine rings is 1. The third-order valence-electron chi connectivity index (χ3n) is 7.79. The Hall–Kier alpha value is -2.63. The molecule has 2 nitrogen and oxygen atoms in total. The van der Waals surface area contributed by atoms with Crippen molar-refractivity contribution >= 4 is 22.7 Å². The van der Waals surface area contributed by atoms with Crippen molar-refractivity contribution in [2.75, 3.05) is 19.6 Å². The quantitative estimate of drug-likeness (QED) is 0.260. The number of likely N-dealkylation sites (tertiary alicyclic amines) is 1. The van der Waals surface area contributed by atoms with E-state index in [1.165, 1.54) is 28.6 Å². The average molecular weight is 489 g/mol. The summed E-state index contributed by atoms with van der Waals surface area (Å²) in [4.78, 5) is 2.56. The van der Waals surface area contributed by atoms with Crippen molar-refractivity contribution in [2.24, 2.45) is 0 Å². The van der Waals surface area contributed by atoms with E-state index in [2.05, 4.69) is 46.0 Å². The Morgan fingerprint density at radius 3 is 2.49 bits per heavy atom. The summed E-state index contributed by atoms with van der Waals surface area (Å²) in [7, 11) is 0. The zero-order valence-corrected chi connectivity index (χ0v) is 20.7. The van der Waals surface area contributed by atoms with Crippen LogP contribution >= 0.6 is 11.8 Å². The maximum Gasteiger partial charge on any atom is 0.128 e. The van der Waals surface area contributed by atoms with Gasteiger partial charge in [0.2, 0.25) is 0 Å². The number of aryl methyl sites for hydroxylation is 1. The molecule has 0 saturated carbocycles. The number of hydrogen-bond donors (Lipinski definition) is 0. The Labute approximate surface area is 209 Å². The van der Waals surface area contributed by atoms with E-state index in [1.807, 2.05) is 30.0 Å². The molecule has 1 saturated heterocycles. The fourth-order valence-electron chi connectivity index (χ4n) is 5.94. The number of halogens is 2. The van der Waals surface area contributed by atoms with Crippen LogP contribution in [0.4, 0.5) is 8.78 Å². The van der Waals surface area contributed by atoms with Crippen molar-refractivity contribution in [3.8, 4) is 5.69 Å². The standard InChI is InChI=1S/C30H30F2N2S/c31-24-11-13-25(14-12-24)34-20-22(26-8-1-2-10-28(26)34)6-3-4-17-33-18-15-30(16-19-33)29-23(21-35-30)7-5-9-27(29)32/h1-2,5,7-14,20H,3-4,6,15-19,21H2. The molecule has 180 valence electrons. The predicted octanol–water partition coefficient (Wildman–Crippen LogP) is 7.47. The maximum absolute atomic E-state index is 14.6. The molecule has 0 aliphatic carbocycles.